The second kappa shape index (κ2) is 5.84. The lowest BCUT2D eigenvalue weighted by atomic mass is 10.2. The molecule has 0 aliphatic rings. The number of hydrogen-bond donors (Lipinski definition) is 1. The van der Waals surface area contributed by atoms with Crippen molar-refractivity contribution >= 4 is 16.5 Å². The van der Waals surface area contributed by atoms with E-state index < -0.39 is 16.6 Å². The van der Waals surface area contributed by atoms with Crippen LogP contribution in [0.3, 0.4) is 0 Å². The van der Waals surface area contributed by atoms with Gasteiger partial charge in [-0.25, -0.2) is 4.39 Å². The van der Waals surface area contributed by atoms with E-state index in [4.69, 9.17) is 10.5 Å². The van der Waals surface area contributed by atoms with Gasteiger partial charge in [-0.1, -0.05) is 18.2 Å². The Morgan fingerprint density at radius 3 is 2.68 bits per heavy atom. The molecule has 2 rings (SSSR count). The van der Waals surface area contributed by atoms with E-state index in [1.165, 1.54) is 13.2 Å². The molecule has 0 aliphatic carbocycles. The van der Waals surface area contributed by atoms with Gasteiger partial charge in [0.2, 0.25) is 0 Å². The molecule has 2 aromatic carbocycles. The van der Waals surface area contributed by atoms with Crippen LogP contribution in [0.2, 0.25) is 0 Å². The number of anilines is 1. The minimum atomic E-state index is -1.34. The summed E-state index contributed by atoms with van der Waals surface area (Å²) in [5, 5.41) is 0. The van der Waals surface area contributed by atoms with Crippen LogP contribution in [0.1, 0.15) is 5.56 Å². The smallest absolute Gasteiger partial charge is 0.169 e. The van der Waals surface area contributed by atoms with Crippen LogP contribution in [-0.4, -0.2) is 11.3 Å². The Hall–Kier alpha value is -1.88. The van der Waals surface area contributed by atoms with E-state index in [0.29, 0.717) is 16.1 Å². The van der Waals surface area contributed by atoms with Crippen LogP contribution >= 0.6 is 0 Å². The number of rotatable bonds is 4. The fourth-order valence-corrected chi connectivity index (χ4v) is 2.88. The SMILES string of the molecule is COc1cccc(CS(=O)c2cccc(N)c2)c1F. The van der Waals surface area contributed by atoms with Crippen molar-refractivity contribution in [1.82, 2.24) is 0 Å². The minimum Gasteiger partial charge on any atom is -0.494 e. The lowest BCUT2D eigenvalue weighted by molar-refractivity contribution is 0.385. The third-order valence-electron chi connectivity index (χ3n) is 2.67. The van der Waals surface area contributed by atoms with E-state index in [1.54, 1.807) is 36.4 Å². The van der Waals surface area contributed by atoms with Gasteiger partial charge in [0.1, 0.15) is 0 Å². The molecule has 2 aromatic rings. The lowest BCUT2D eigenvalue weighted by Gasteiger charge is -2.07. The molecule has 0 aromatic heterocycles. The molecular weight excluding hydrogens is 265 g/mol. The maximum Gasteiger partial charge on any atom is 0.169 e. The van der Waals surface area contributed by atoms with Gasteiger partial charge in [0.15, 0.2) is 11.6 Å². The number of nitrogen functional groups attached to an aromatic ring is 1. The van der Waals surface area contributed by atoms with Crippen LogP contribution in [0, 0.1) is 5.82 Å². The maximum atomic E-state index is 13.9. The van der Waals surface area contributed by atoms with Gasteiger partial charge in [-0.2, -0.15) is 0 Å². The summed E-state index contributed by atoms with van der Waals surface area (Å²) in [4.78, 5) is 0.585. The van der Waals surface area contributed by atoms with Crippen molar-refractivity contribution in [2.24, 2.45) is 0 Å². The van der Waals surface area contributed by atoms with Gasteiger partial charge in [-0.3, -0.25) is 4.21 Å². The average molecular weight is 279 g/mol. The molecule has 0 aliphatic heterocycles. The molecule has 0 radical (unpaired) electrons. The van der Waals surface area contributed by atoms with Crippen LogP contribution in [0.4, 0.5) is 10.1 Å². The molecule has 2 N–H and O–H groups in total. The third-order valence-corrected chi connectivity index (χ3v) is 4.02. The Bertz CT molecular complexity index is 616. The van der Waals surface area contributed by atoms with Crippen molar-refractivity contribution < 1.29 is 13.3 Å². The highest BCUT2D eigenvalue weighted by molar-refractivity contribution is 7.84. The molecule has 3 nitrogen and oxygen atoms in total. The predicted molar refractivity (Wildman–Crippen MR) is 73.9 cm³/mol. The first-order chi connectivity index (χ1) is 9.11. The zero-order valence-electron chi connectivity index (χ0n) is 10.4. The van der Waals surface area contributed by atoms with Gasteiger partial charge in [0.25, 0.3) is 0 Å². The van der Waals surface area contributed by atoms with Gasteiger partial charge >= 0.3 is 0 Å². The highest BCUT2D eigenvalue weighted by Gasteiger charge is 2.12. The summed E-state index contributed by atoms with van der Waals surface area (Å²) in [6.45, 7) is 0. The predicted octanol–water partition coefficient (Wildman–Crippen LogP) is 2.72. The van der Waals surface area contributed by atoms with Crippen molar-refractivity contribution in [3.8, 4) is 5.75 Å². The van der Waals surface area contributed by atoms with Crippen molar-refractivity contribution in [3.05, 3.63) is 53.8 Å². The largest absolute Gasteiger partial charge is 0.494 e. The summed E-state index contributed by atoms with van der Waals surface area (Å²) in [7, 11) is 0.0591. The van der Waals surface area contributed by atoms with E-state index in [0.717, 1.165) is 0 Å². The highest BCUT2D eigenvalue weighted by Crippen LogP contribution is 2.23. The summed E-state index contributed by atoms with van der Waals surface area (Å²) in [5.41, 5.74) is 6.54. The van der Waals surface area contributed by atoms with Crippen molar-refractivity contribution in [1.29, 1.82) is 0 Å². The second-order valence-corrected chi connectivity index (χ2v) is 5.45. The summed E-state index contributed by atoms with van der Waals surface area (Å²) in [6.07, 6.45) is 0. The van der Waals surface area contributed by atoms with E-state index in [1.807, 2.05) is 0 Å². The molecule has 19 heavy (non-hydrogen) atoms. The maximum absolute atomic E-state index is 13.9. The molecule has 5 heteroatoms. The zero-order chi connectivity index (χ0) is 13.8. The van der Waals surface area contributed by atoms with Gasteiger partial charge in [0, 0.05) is 16.1 Å². The standard InChI is InChI=1S/C14H14FNO2S/c1-18-13-7-2-4-10(14(13)15)9-19(17)12-6-3-5-11(16)8-12/h2-8H,9,16H2,1H3. The fraction of sp³-hybridized carbons (Fsp3) is 0.143. The summed E-state index contributed by atoms with van der Waals surface area (Å²) < 4.78 is 31.0. The molecule has 0 amide bonds. The molecule has 0 spiro atoms. The van der Waals surface area contributed by atoms with Crippen LogP contribution in [-0.2, 0) is 16.6 Å². The monoisotopic (exact) mass is 279 g/mol. The van der Waals surface area contributed by atoms with Gasteiger partial charge < -0.3 is 10.5 Å². The summed E-state index contributed by atoms with van der Waals surface area (Å²) >= 11 is 0. The Morgan fingerprint density at radius 1 is 1.26 bits per heavy atom. The molecular formula is C14H14FNO2S. The number of benzene rings is 2. The number of halogens is 1. The topological polar surface area (TPSA) is 52.3 Å². The van der Waals surface area contributed by atoms with Crippen LogP contribution in [0.25, 0.3) is 0 Å². The Balaban J connectivity index is 2.24. The first kappa shape index (κ1) is 13.5. The van der Waals surface area contributed by atoms with E-state index >= 15 is 0 Å². The molecule has 0 saturated heterocycles. The minimum absolute atomic E-state index is 0.0898. The lowest BCUT2D eigenvalue weighted by Crippen LogP contribution is -2.01. The third kappa shape index (κ3) is 3.12. The van der Waals surface area contributed by atoms with E-state index in [9.17, 15) is 8.60 Å². The molecule has 0 bridgehead atoms. The molecule has 1 atom stereocenters. The highest BCUT2D eigenvalue weighted by atomic mass is 32.2. The molecule has 100 valence electrons. The summed E-state index contributed by atoms with van der Waals surface area (Å²) in [6, 6.07) is 11.6. The van der Waals surface area contributed by atoms with Crippen LogP contribution in [0.5, 0.6) is 5.75 Å². The number of methoxy groups -OCH3 is 1. The molecule has 0 saturated carbocycles. The van der Waals surface area contributed by atoms with Crippen molar-refractivity contribution in [2.45, 2.75) is 10.6 Å². The van der Waals surface area contributed by atoms with Gasteiger partial charge in [-0.05, 0) is 24.3 Å². The first-order valence-electron chi connectivity index (χ1n) is 5.67. The van der Waals surface area contributed by atoms with Crippen molar-refractivity contribution in [3.63, 3.8) is 0 Å². The Kier molecular flexibility index (Phi) is 4.16. The zero-order valence-corrected chi connectivity index (χ0v) is 11.2. The number of ether oxygens (including phenoxy) is 1. The molecule has 0 heterocycles. The molecule has 0 fully saturated rings. The van der Waals surface area contributed by atoms with E-state index in [-0.39, 0.29) is 11.5 Å². The quantitative estimate of drug-likeness (QED) is 0.875. The van der Waals surface area contributed by atoms with E-state index in [2.05, 4.69) is 0 Å². The number of nitrogens with two attached hydrogens (primary N) is 1. The second-order valence-electron chi connectivity index (χ2n) is 4.00. The fourth-order valence-electron chi connectivity index (χ4n) is 1.71. The Labute approximate surface area is 113 Å². The van der Waals surface area contributed by atoms with Crippen LogP contribution in [0.15, 0.2) is 47.4 Å². The normalized spacial score (nSPS) is 12.1. The average Bonchev–Trinajstić information content (AvgIpc) is 2.41. The van der Waals surface area contributed by atoms with Gasteiger partial charge in [-0.15, -0.1) is 0 Å². The summed E-state index contributed by atoms with van der Waals surface area (Å²) in [5.74, 6) is -0.226. The number of hydrogen-bond acceptors (Lipinski definition) is 3. The molecule has 1 unspecified atom stereocenters. The first-order valence-corrected chi connectivity index (χ1v) is 6.99. The van der Waals surface area contributed by atoms with Crippen LogP contribution < -0.4 is 10.5 Å². The van der Waals surface area contributed by atoms with Gasteiger partial charge in [0.05, 0.1) is 23.7 Å². The van der Waals surface area contributed by atoms with Crippen molar-refractivity contribution in [2.75, 3.05) is 12.8 Å². The Morgan fingerprint density at radius 2 is 2.00 bits per heavy atom.